The second-order valence-electron chi connectivity index (χ2n) is 9.96. The summed E-state index contributed by atoms with van der Waals surface area (Å²) < 4.78 is 5.17. The van der Waals surface area contributed by atoms with Gasteiger partial charge >= 0.3 is 0 Å². The van der Waals surface area contributed by atoms with Crippen LogP contribution in [-0.4, -0.2) is 30.0 Å². The van der Waals surface area contributed by atoms with Crippen molar-refractivity contribution in [2.75, 3.05) is 13.7 Å². The van der Waals surface area contributed by atoms with E-state index in [2.05, 4.69) is 19.1 Å². The fraction of sp³-hybridized carbons (Fsp3) is 0.760. The molecule has 0 radical (unpaired) electrons. The van der Waals surface area contributed by atoms with E-state index in [9.17, 15) is 10.2 Å². The first-order valence-corrected chi connectivity index (χ1v) is 11.5. The van der Waals surface area contributed by atoms with Crippen LogP contribution in [0.3, 0.4) is 0 Å². The minimum atomic E-state index is -0.112. The number of phenols is 1. The van der Waals surface area contributed by atoms with Crippen LogP contribution in [0.4, 0.5) is 0 Å². The summed E-state index contributed by atoms with van der Waals surface area (Å²) in [6, 6.07) is 6.15. The molecule has 6 unspecified atom stereocenters. The zero-order valence-corrected chi connectivity index (χ0v) is 17.7. The standard InChI is InChI=1S/C25H38O3/c1-25-13-12-20-19-9-8-18(26)16-21(19)17(7-5-3-4-6-14-28-2)15-22(20)23(25)10-11-24(25)27/h8-9,16-17,20,22-24,26-27H,3-7,10-15H2,1-2H3. The first-order valence-electron chi connectivity index (χ1n) is 11.5. The summed E-state index contributed by atoms with van der Waals surface area (Å²) in [4.78, 5) is 0. The minimum absolute atomic E-state index is 0.112. The highest BCUT2D eigenvalue weighted by Crippen LogP contribution is 2.62. The third-order valence-corrected chi connectivity index (χ3v) is 8.50. The van der Waals surface area contributed by atoms with Gasteiger partial charge in [0.2, 0.25) is 0 Å². The molecular weight excluding hydrogens is 348 g/mol. The Morgan fingerprint density at radius 3 is 2.71 bits per heavy atom. The predicted octanol–water partition coefficient (Wildman–Crippen LogP) is 5.75. The highest BCUT2D eigenvalue weighted by Gasteiger charge is 2.55. The molecule has 3 aliphatic carbocycles. The number of hydrogen-bond donors (Lipinski definition) is 2. The van der Waals surface area contributed by atoms with Gasteiger partial charge in [-0.2, -0.15) is 0 Å². The first kappa shape index (κ1) is 20.2. The second kappa shape index (κ2) is 8.36. The monoisotopic (exact) mass is 386 g/mol. The average molecular weight is 387 g/mol. The topological polar surface area (TPSA) is 49.7 Å². The summed E-state index contributed by atoms with van der Waals surface area (Å²) in [6.45, 7) is 3.22. The molecule has 0 heterocycles. The third kappa shape index (κ3) is 3.61. The number of phenolic OH excluding ortho intramolecular Hbond substituents is 1. The van der Waals surface area contributed by atoms with Crippen LogP contribution in [0.2, 0.25) is 0 Å². The smallest absolute Gasteiger partial charge is 0.115 e. The molecule has 0 aliphatic heterocycles. The number of methoxy groups -OCH3 is 1. The van der Waals surface area contributed by atoms with E-state index in [1.807, 2.05) is 6.07 Å². The van der Waals surface area contributed by atoms with Crippen LogP contribution < -0.4 is 0 Å². The van der Waals surface area contributed by atoms with Crippen molar-refractivity contribution >= 4 is 0 Å². The Balaban J connectivity index is 1.52. The molecule has 3 nitrogen and oxygen atoms in total. The first-order chi connectivity index (χ1) is 13.5. The van der Waals surface area contributed by atoms with Crippen molar-refractivity contribution in [3.63, 3.8) is 0 Å². The van der Waals surface area contributed by atoms with Crippen LogP contribution in [0.25, 0.3) is 0 Å². The van der Waals surface area contributed by atoms with Crippen molar-refractivity contribution in [3.05, 3.63) is 29.3 Å². The zero-order valence-electron chi connectivity index (χ0n) is 17.7. The summed E-state index contributed by atoms with van der Waals surface area (Å²) in [5, 5.41) is 20.8. The quantitative estimate of drug-likeness (QED) is 0.587. The lowest BCUT2D eigenvalue weighted by molar-refractivity contribution is -0.0252. The van der Waals surface area contributed by atoms with Crippen LogP contribution in [0.5, 0.6) is 5.75 Å². The van der Waals surface area contributed by atoms with Crippen molar-refractivity contribution in [2.45, 2.75) is 89.1 Å². The molecule has 0 saturated heterocycles. The van der Waals surface area contributed by atoms with Gasteiger partial charge in [-0.3, -0.25) is 0 Å². The predicted molar refractivity (Wildman–Crippen MR) is 113 cm³/mol. The molecule has 6 atom stereocenters. The third-order valence-electron chi connectivity index (χ3n) is 8.50. The minimum Gasteiger partial charge on any atom is -0.508 e. The number of aliphatic hydroxyl groups excluding tert-OH is 1. The number of hydrogen-bond acceptors (Lipinski definition) is 3. The summed E-state index contributed by atoms with van der Waals surface area (Å²) in [6.07, 6.45) is 11.8. The Hall–Kier alpha value is -1.06. The van der Waals surface area contributed by atoms with E-state index in [0.29, 0.717) is 29.4 Å². The van der Waals surface area contributed by atoms with E-state index in [-0.39, 0.29) is 11.5 Å². The Morgan fingerprint density at radius 1 is 1.07 bits per heavy atom. The molecule has 1 aromatic rings. The summed E-state index contributed by atoms with van der Waals surface area (Å²) in [7, 11) is 1.78. The molecule has 0 amide bonds. The summed E-state index contributed by atoms with van der Waals surface area (Å²) in [5.41, 5.74) is 3.04. The van der Waals surface area contributed by atoms with Crippen molar-refractivity contribution in [3.8, 4) is 5.75 Å². The maximum atomic E-state index is 10.7. The summed E-state index contributed by atoms with van der Waals surface area (Å²) >= 11 is 0. The highest BCUT2D eigenvalue weighted by molar-refractivity contribution is 5.42. The Kier molecular flexibility index (Phi) is 6.04. The van der Waals surface area contributed by atoms with Crippen molar-refractivity contribution < 1.29 is 14.9 Å². The normalized spacial score (nSPS) is 36.6. The molecule has 28 heavy (non-hydrogen) atoms. The number of aliphatic hydroxyl groups is 1. The van der Waals surface area contributed by atoms with Crippen LogP contribution >= 0.6 is 0 Å². The second-order valence-corrected chi connectivity index (χ2v) is 9.96. The van der Waals surface area contributed by atoms with Crippen LogP contribution in [0, 0.1) is 17.3 Å². The maximum Gasteiger partial charge on any atom is 0.115 e. The van der Waals surface area contributed by atoms with Gasteiger partial charge in [-0.15, -0.1) is 0 Å². The largest absolute Gasteiger partial charge is 0.508 e. The summed E-state index contributed by atoms with van der Waals surface area (Å²) in [5.74, 6) is 2.96. The molecule has 2 fully saturated rings. The number of unbranched alkanes of at least 4 members (excludes halogenated alkanes) is 3. The van der Waals surface area contributed by atoms with Crippen molar-refractivity contribution in [1.82, 2.24) is 0 Å². The van der Waals surface area contributed by atoms with Crippen LogP contribution in [0.1, 0.15) is 94.1 Å². The molecule has 3 heteroatoms. The van der Waals surface area contributed by atoms with Gasteiger partial charge in [0.15, 0.2) is 0 Å². The number of rotatable bonds is 7. The van der Waals surface area contributed by atoms with E-state index >= 15 is 0 Å². The molecule has 0 aromatic heterocycles. The molecule has 156 valence electrons. The van der Waals surface area contributed by atoms with Crippen molar-refractivity contribution in [1.29, 1.82) is 0 Å². The molecule has 0 spiro atoms. The van der Waals surface area contributed by atoms with Gasteiger partial charge in [0.05, 0.1) is 6.10 Å². The fourth-order valence-electron chi connectivity index (χ4n) is 6.95. The fourth-order valence-corrected chi connectivity index (χ4v) is 6.95. The van der Waals surface area contributed by atoms with Gasteiger partial charge in [0, 0.05) is 13.7 Å². The lowest BCUT2D eigenvalue weighted by Gasteiger charge is -2.51. The Labute approximate surface area is 170 Å². The highest BCUT2D eigenvalue weighted by atomic mass is 16.5. The van der Waals surface area contributed by atoms with Gasteiger partial charge in [-0.05, 0) is 97.3 Å². The number of ether oxygens (including phenoxy) is 1. The van der Waals surface area contributed by atoms with E-state index < -0.39 is 0 Å². The van der Waals surface area contributed by atoms with Crippen LogP contribution in [0.15, 0.2) is 18.2 Å². The molecule has 3 aliphatic rings. The molecule has 2 saturated carbocycles. The lowest BCUT2D eigenvalue weighted by Crippen LogP contribution is -2.44. The molecular formula is C25H38O3. The van der Waals surface area contributed by atoms with Crippen molar-refractivity contribution in [2.24, 2.45) is 17.3 Å². The van der Waals surface area contributed by atoms with Gasteiger partial charge < -0.3 is 14.9 Å². The molecule has 0 bridgehead atoms. The van der Waals surface area contributed by atoms with E-state index in [4.69, 9.17) is 4.74 Å². The Bertz CT molecular complexity index is 672. The van der Waals surface area contributed by atoms with E-state index in [1.54, 1.807) is 7.11 Å². The average Bonchev–Trinajstić information content (AvgIpc) is 2.99. The van der Waals surface area contributed by atoms with Gasteiger partial charge in [0.25, 0.3) is 0 Å². The van der Waals surface area contributed by atoms with Gasteiger partial charge in [-0.1, -0.05) is 32.3 Å². The van der Waals surface area contributed by atoms with Gasteiger partial charge in [-0.25, -0.2) is 0 Å². The lowest BCUT2D eigenvalue weighted by atomic mass is 9.53. The number of benzene rings is 1. The van der Waals surface area contributed by atoms with E-state index in [1.165, 1.54) is 56.1 Å². The Morgan fingerprint density at radius 2 is 1.89 bits per heavy atom. The van der Waals surface area contributed by atoms with E-state index in [0.717, 1.165) is 25.9 Å². The molecule has 2 N–H and O–H groups in total. The number of aromatic hydroxyl groups is 1. The molecule has 4 rings (SSSR count). The SMILES string of the molecule is COCCCCCCC1CC2C(CCC3(C)C(O)CCC23)c2ccc(O)cc21. The molecule has 1 aromatic carbocycles. The maximum absolute atomic E-state index is 10.7. The van der Waals surface area contributed by atoms with Gasteiger partial charge in [0.1, 0.15) is 5.75 Å². The van der Waals surface area contributed by atoms with Crippen LogP contribution in [-0.2, 0) is 4.74 Å². The zero-order chi connectivity index (χ0) is 19.7. The number of fused-ring (bicyclic) bond motifs is 5.